The number of aromatic nitrogens is 3. The number of benzene rings is 2. The number of anilines is 3. The van der Waals surface area contributed by atoms with Gasteiger partial charge in [-0.05, 0) is 49.6 Å². The number of nitrogens with one attached hydrogen (secondary N) is 2. The molecule has 0 aliphatic carbocycles. The van der Waals surface area contributed by atoms with Gasteiger partial charge in [0.2, 0.25) is 16.0 Å². The molecule has 0 amide bonds. The smallest absolute Gasteiger partial charge is 0.244 e. The van der Waals surface area contributed by atoms with Gasteiger partial charge in [-0.3, -0.25) is 0 Å². The van der Waals surface area contributed by atoms with Crippen LogP contribution in [0.5, 0.6) is 0 Å². The predicted octanol–water partition coefficient (Wildman–Crippen LogP) is 2.53. The van der Waals surface area contributed by atoms with E-state index >= 15 is 0 Å². The first-order valence-electron chi connectivity index (χ1n) is 8.71. The Morgan fingerprint density at radius 2 is 1.82 bits per heavy atom. The lowest BCUT2D eigenvalue weighted by Crippen LogP contribution is -2.12. The highest BCUT2D eigenvalue weighted by Crippen LogP contribution is 2.20. The molecule has 146 valence electrons. The molecule has 0 aliphatic heterocycles. The van der Waals surface area contributed by atoms with Crippen LogP contribution in [-0.2, 0) is 16.4 Å². The van der Waals surface area contributed by atoms with Crippen LogP contribution in [0.1, 0.15) is 16.7 Å². The topological polar surface area (TPSA) is 123 Å². The number of hydrogen-bond acceptors (Lipinski definition) is 7. The number of nitrogens with two attached hydrogens (primary N) is 1. The summed E-state index contributed by atoms with van der Waals surface area (Å²) in [5.41, 5.74) is 4.25. The molecule has 8 nitrogen and oxygen atoms in total. The summed E-state index contributed by atoms with van der Waals surface area (Å²) >= 11 is 0. The van der Waals surface area contributed by atoms with Gasteiger partial charge < -0.3 is 10.6 Å². The van der Waals surface area contributed by atoms with Crippen LogP contribution in [-0.4, -0.2) is 30.1 Å². The predicted molar refractivity (Wildman–Crippen MR) is 109 cm³/mol. The summed E-state index contributed by atoms with van der Waals surface area (Å²) in [5.74, 6) is 1.01. The standard InChI is InChI=1S/C19H22N6O2S/c1-13-3-8-17(14(2)11-13)23-18-12-22-25-19(24-18)21-10-9-15-4-6-16(7-5-15)28(20,26)27/h3-8,11-12H,9-10H2,1-2H3,(H2,20,26,27)(H2,21,23,24,25). The van der Waals surface area contributed by atoms with Gasteiger partial charge >= 0.3 is 0 Å². The van der Waals surface area contributed by atoms with E-state index in [9.17, 15) is 8.42 Å². The Morgan fingerprint density at radius 1 is 1.07 bits per heavy atom. The fourth-order valence-electron chi connectivity index (χ4n) is 2.69. The van der Waals surface area contributed by atoms with Gasteiger partial charge in [0.15, 0.2) is 5.82 Å². The Balaban J connectivity index is 1.59. The van der Waals surface area contributed by atoms with Crippen LogP contribution in [0.3, 0.4) is 0 Å². The lowest BCUT2D eigenvalue weighted by Gasteiger charge is -2.10. The number of sulfonamides is 1. The Hall–Kier alpha value is -3.04. The molecule has 0 unspecified atom stereocenters. The average Bonchev–Trinajstić information content (AvgIpc) is 2.64. The molecule has 2 aromatic carbocycles. The van der Waals surface area contributed by atoms with Crippen LogP contribution in [0.15, 0.2) is 53.6 Å². The Morgan fingerprint density at radius 3 is 2.50 bits per heavy atom. The zero-order valence-corrected chi connectivity index (χ0v) is 16.5. The maximum atomic E-state index is 11.3. The maximum absolute atomic E-state index is 11.3. The van der Waals surface area contributed by atoms with Gasteiger partial charge in [-0.25, -0.2) is 13.6 Å². The summed E-state index contributed by atoms with van der Waals surface area (Å²) in [6, 6.07) is 12.6. The molecule has 9 heteroatoms. The van der Waals surface area contributed by atoms with E-state index in [1.165, 1.54) is 17.7 Å². The van der Waals surface area contributed by atoms with Gasteiger partial charge in [0.05, 0.1) is 11.1 Å². The third kappa shape index (κ3) is 5.24. The second-order valence-corrected chi connectivity index (χ2v) is 8.04. The van der Waals surface area contributed by atoms with Crippen LogP contribution in [0.4, 0.5) is 17.5 Å². The van der Waals surface area contributed by atoms with Crippen LogP contribution in [0.2, 0.25) is 0 Å². The largest absolute Gasteiger partial charge is 0.353 e. The zero-order chi connectivity index (χ0) is 20.1. The number of nitrogens with zero attached hydrogens (tertiary/aromatic N) is 3. The van der Waals surface area contributed by atoms with Crippen molar-refractivity contribution in [2.45, 2.75) is 25.2 Å². The summed E-state index contributed by atoms with van der Waals surface area (Å²) in [7, 11) is -3.67. The van der Waals surface area contributed by atoms with Gasteiger partial charge in [0.1, 0.15) is 0 Å². The summed E-state index contributed by atoms with van der Waals surface area (Å²) in [5, 5.41) is 19.4. The maximum Gasteiger partial charge on any atom is 0.244 e. The van der Waals surface area contributed by atoms with E-state index in [-0.39, 0.29) is 4.90 Å². The van der Waals surface area contributed by atoms with Gasteiger partial charge in [-0.2, -0.15) is 10.1 Å². The fourth-order valence-corrected chi connectivity index (χ4v) is 3.21. The minimum atomic E-state index is -3.67. The van der Waals surface area contributed by atoms with E-state index in [1.807, 2.05) is 26.0 Å². The summed E-state index contributed by atoms with van der Waals surface area (Å²) in [6.07, 6.45) is 2.24. The highest BCUT2D eigenvalue weighted by molar-refractivity contribution is 7.89. The molecule has 0 fully saturated rings. The van der Waals surface area contributed by atoms with Gasteiger partial charge in [0, 0.05) is 12.2 Å². The Kier molecular flexibility index (Phi) is 5.86. The summed E-state index contributed by atoms with van der Waals surface area (Å²) in [4.78, 5) is 4.52. The van der Waals surface area contributed by atoms with E-state index in [0.29, 0.717) is 24.7 Å². The summed E-state index contributed by atoms with van der Waals surface area (Å²) in [6.45, 7) is 4.65. The van der Waals surface area contributed by atoms with Crippen molar-refractivity contribution in [3.63, 3.8) is 0 Å². The van der Waals surface area contributed by atoms with E-state index in [2.05, 4.69) is 31.9 Å². The zero-order valence-electron chi connectivity index (χ0n) is 15.7. The molecule has 0 saturated carbocycles. The molecule has 0 spiro atoms. The first-order chi connectivity index (χ1) is 13.3. The van der Waals surface area contributed by atoms with Crippen LogP contribution < -0.4 is 15.8 Å². The molecular weight excluding hydrogens is 376 g/mol. The first kappa shape index (κ1) is 19.7. The molecule has 1 heterocycles. The number of hydrogen-bond donors (Lipinski definition) is 3. The SMILES string of the molecule is Cc1ccc(Nc2cnnc(NCCc3ccc(S(N)(=O)=O)cc3)n2)c(C)c1. The van der Waals surface area contributed by atoms with Crippen molar-refractivity contribution < 1.29 is 8.42 Å². The molecule has 0 aliphatic rings. The molecular formula is C19H22N6O2S. The fraction of sp³-hybridized carbons (Fsp3) is 0.211. The second kappa shape index (κ2) is 8.32. The second-order valence-electron chi connectivity index (χ2n) is 6.47. The van der Waals surface area contributed by atoms with Gasteiger partial charge in [-0.15, -0.1) is 5.10 Å². The number of primary sulfonamides is 1. The van der Waals surface area contributed by atoms with E-state index in [4.69, 9.17) is 5.14 Å². The van der Waals surface area contributed by atoms with Gasteiger partial charge in [-0.1, -0.05) is 29.8 Å². The number of rotatable bonds is 7. The van der Waals surface area contributed by atoms with E-state index in [1.54, 1.807) is 18.3 Å². The minimum Gasteiger partial charge on any atom is -0.353 e. The highest BCUT2D eigenvalue weighted by Gasteiger charge is 2.07. The molecule has 0 saturated heterocycles. The van der Waals surface area contributed by atoms with Crippen molar-refractivity contribution >= 4 is 27.5 Å². The molecule has 28 heavy (non-hydrogen) atoms. The molecule has 4 N–H and O–H groups in total. The molecule has 3 aromatic rings. The van der Waals surface area contributed by atoms with Crippen molar-refractivity contribution in [1.29, 1.82) is 0 Å². The normalized spacial score (nSPS) is 11.2. The monoisotopic (exact) mass is 398 g/mol. The quantitative estimate of drug-likeness (QED) is 0.559. The van der Waals surface area contributed by atoms with Crippen LogP contribution in [0, 0.1) is 13.8 Å². The van der Waals surface area contributed by atoms with Crippen molar-refractivity contribution in [2.75, 3.05) is 17.2 Å². The first-order valence-corrected chi connectivity index (χ1v) is 10.3. The summed E-state index contributed by atoms with van der Waals surface area (Å²) < 4.78 is 22.6. The molecule has 0 atom stereocenters. The van der Waals surface area contributed by atoms with Crippen LogP contribution in [0.25, 0.3) is 0 Å². The number of aryl methyl sites for hydroxylation is 2. The lowest BCUT2D eigenvalue weighted by atomic mass is 10.1. The Bertz CT molecular complexity index is 1070. The molecule has 0 bridgehead atoms. The van der Waals surface area contributed by atoms with E-state index < -0.39 is 10.0 Å². The third-order valence-electron chi connectivity index (χ3n) is 4.15. The Labute approximate surface area is 164 Å². The van der Waals surface area contributed by atoms with Gasteiger partial charge in [0.25, 0.3) is 0 Å². The molecule has 1 aromatic heterocycles. The van der Waals surface area contributed by atoms with Crippen molar-refractivity contribution in [3.05, 3.63) is 65.4 Å². The van der Waals surface area contributed by atoms with Crippen molar-refractivity contribution in [1.82, 2.24) is 15.2 Å². The van der Waals surface area contributed by atoms with Crippen molar-refractivity contribution in [3.8, 4) is 0 Å². The lowest BCUT2D eigenvalue weighted by molar-refractivity contribution is 0.598. The molecule has 0 radical (unpaired) electrons. The average molecular weight is 398 g/mol. The van der Waals surface area contributed by atoms with Crippen molar-refractivity contribution in [2.24, 2.45) is 5.14 Å². The van der Waals surface area contributed by atoms with E-state index in [0.717, 1.165) is 16.8 Å². The third-order valence-corrected chi connectivity index (χ3v) is 5.08. The highest BCUT2D eigenvalue weighted by atomic mass is 32.2. The molecule has 3 rings (SSSR count). The minimum absolute atomic E-state index is 0.0990. The van der Waals surface area contributed by atoms with Crippen LogP contribution >= 0.6 is 0 Å².